The predicted molar refractivity (Wildman–Crippen MR) is 82.0 cm³/mol. The van der Waals surface area contributed by atoms with Crippen LogP contribution in [0.3, 0.4) is 0 Å². The monoisotopic (exact) mass is 325 g/mol. The van der Waals surface area contributed by atoms with Crippen molar-refractivity contribution in [3.63, 3.8) is 0 Å². The highest BCUT2D eigenvalue weighted by Gasteiger charge is 2.26. The lowest BCUT2D eigenvalue weighted by atomic mass is 9.99. The van der Waals surface area contributed by atoms with Crippen LogP contribution in [-0.2, 0) is 16.0 Å². The Balaban J connectivity index is 1.71. The molecular formula is C17H21F2NO3. The van der Waals surface area contributed by atoms with Gasteiger partial charge in [0.05, 0.1) is 12.5 Å². The molecule has 126 valence electrons. The van der Waals surface area contributed by atoms with Crippen LogP contribution in [0.4, 0.5) is 14.5 Å². The molecule has 0 saturated carbocycles. The second-order valence-electron chi connectivity index (χ2n) is 6.01. The van der Waals surface area contributed by atoms with Crippen molar-refractivity contribution in [3.8, 4) is 5.75 Å². The van der Waals surface area contributed by atoms with Crippen LogP contribution in [0.15, 0.2) is 18.2 Å². The zero-order valence-electron chi connectivity index (χ0n) is 13.0. The van der Waals surface area contributed by atoms with Gasteiger partial charge in [-0.15, -0.1) is 0 Å². The minimum Gasteiger partial charge on any atom is -0.435 e. The first-order valence-corrected chi connectivity index (χ1v) is 8.13. The smallest absolute Gasteiger partial charge is 0.387 e. The molecule has 0 N–H and O–H groups in total. The quantitative estimate of drug-likeness (QED) is 0.850. The van der Waals surface area contributed by atoms with Crippen molar-refractivity contribution in [1.82, 2.24) is 0 Å². The SMILES string of the molecule is O=C(CC1CCCCO1)N1CCCc2cc(OC(F)F)ccc21. The number of ether oxygens (including phenoxy) is 2. The molecule has 1 fully saturated rings. The highest BCUT2D eigenvalue weighted by Crippen LogP contribution is 2.32. The van der Waals surface area contributed by atoms with Gasteiger partial charge in [0.15, 0.2) is 0 Å². The minimum atomic E-state index is -2.84. The van der Waals surface area contributed by atoms with E-state index in [1.54, 1.807) is 17.0 Å². The van der Waals surface area contributed by atoms with E-state index in [1.807, 2.05) is 0 Å². The summed E-state index contributed by atoms with van der Waals surface area (Å²) in [5, 5.41) is 0. The summed E-state index contributed by atoms with van der Waals surface area (Å²) < 4.78 is 34.7. The normalized spacial score (nSPS) is 21.2. The van der Waals surface area contributed by atoms with E-state index in [0.29, 0.717) is 13.0 Å². The highest BCUT2D eigenvalue weighted by atomic mass is 19.3. The van der Waals surface area contributed by atoms with Gasteiger partial charge in [0.2, 0.25) is 5.91 Å². The average Bonchev–Trinajstić information content (AvgIpc) is 2.54. The van der Waals surface area contributed by atoms with E-state index in [1.165, 1.54) is 6.07 Å². The predicted octanol–water partition coefficient (Wildman–Crippen LogP) is 3.53. The van der Waals surface area contributed by atoms with E-state index < -0.39 is 6.61 Å². The first-order valence-electron chi connectivity index (χ1n) is 8.13. The summed E-state index contributed by atoms with van der Waals surface area (Å²) in [4.78, 5) is 14.3. The second kappa shape index (κ2) is 7.25. The topological polar surface area (TPSA) is 38.8 Å². The van der Waals surface area contributed by atoms with E-state index in [9.17, 15) is 13.6 Å². The van der Waals surface area contributed by atoms with Gasteiger partial charge < -0.3 is 14.4 Å². The van der Waals surface area contributed by atoms with Crippen LogP contribution < -0.4 is 9.64 Å². The first-order chi connectivity index (χ1) is 11.1. The zero-order chi connectivity index (χ0) is 16.2. The Morgan fingerprint density at radius 1 is 1.35 bits per heavy atom. The molecule has 2 heterocycles. The van der Waals surface area contributed by atoms with Gasteiger partial charge in [0.1, 0.15) is 5.75 Å². The van der Waals surface area contributed by atoms with Crippen LogP contribution in [0.5, 0.6) is 5.75 Å². The van der Waals surface area contributed by atoms with Gasteiger partial charge in [0.25, 0.3) is 0 Å². The van der Waals surface area contributed by atoms with Crippen LogP contribution in [0.1, 0.15) is 37.7 Å². The van der Waals surface area contributed by atoms with Gasteiger partial charge in [-0.1, -0.05) is 0 Å². The molecule has 4 nitrogen and oxygen atoms in total. The van der Waals surface area contributed by atoms with E-state index >= 15 is 0 Å². The summed E-state index contributed by atoms with van der Waals surface area (Å²) in [5.74, 6) is 0.184. The van der Waals surface area contributed by atoms with Crippen LogP contribution in [0.25, 0.3) is 0 Å². The lowest BCUT2D eigenvalue weighted by molar-refractivity contribution is -0.122. The van der Waals surface area contributed by atoms with Crippen molar-refractivity contribution < 1.29 is 23.0 Å². The largest absolute Gasteiger partial charge is 0.435 e. The van der Waals surface area contributed by atoms with E-state index in [0.717, 1.165) is 50.0 Å². The minimum absolute atomic E-state index is 0.00284. The van der Waals surface area contributed by atoms with Crippen molar-refractivity contribution in [2.45, 2.75) is 51.2 Å². The Labute approximate surface area is 134 Å². The molecule has 2 aliphatic heterocycles. The van der Waals surface area contributed by atoms with E-state index in [-0.39, 0.29) is 17.8 Å². The Morgan fingerprint density at radius 2 is 2.22 bits per heavy atom. The van der Waals surface area contributed by atoms with E-state index in [4.69, 9.17) is 4.74 Å². The number of hydrogen-bond donors (Lipinski definition) is 0. The first kappa shape index (κ1) is 16.2. The molecule has 1 amide bonds. The molecule has 0 spiro atoms. The number of aryl methyl sites for hydroxylation is 1. The summed E-state index contributed by atoms with van der Waals surface area (Å²) in [5.41, 5.74) is 1.69. The summed E-state index contributed by atoms with van der Waals surface area (Å²) in [6.07, 6.45) is 5.06. The summed E-state index contributed by atoms with van der Waals surface area (Å²) in [6, 6.07) is 4.80. The number of nitrogens with zero attached hydrogens (tertiary/aromatic N) is 1. The molecule has 1 unspecified atom stereocenters. The molecule has 0 bridgehead atoms. The van der Waals surface area contributed by atoms with Gasteiger partial charge >= 0.3 is 6.61 Å². The molecule has 3 rings (SSSR count). The molecule has 23 heavy (non-hydrogen) atoms. The number of alkyl halides is 2. The van der Waals surface area contributed by atoms with Gasteiger partial charge in [-0.3, -0.25) is 4.79 Å². The van der Waals surface area contributed by atoms with Crippen LogP contribution in [-0.4, -0.2) is 31.8 Å². The lowest BCUT2D eigenvalue weighted by Gasteiger charge is -2.31. The number of benzene rings is 1. The number of anilines is 1. The number of amides is 1. The Kier molecular flexibility index (Phi) is 5.10. The maximum Gasteiger partial charge on any atom is 0.387 e. The van der Waals surface area contributed by atoms with Crippen molar-refractivity contribution in [3.05, 3.63) is 23.8 Å². The lowest BCUT2D eigenvalue weighted by Crippen LogP contribution is -2.38. The molecule has 0 radical (unpaired) electrons. The molecular weight excluding hydrogens is 304 g/mol. The fourth-order valence-corrected chi connectivity index (χ4v) is 3.28. The summed E-state index contributed by atoms with van der Waals surface area (Å²) >= 11 is 0. The van der Waals surface area contributed by atoms with Gasteiger partial charge in [-0.05, 0) is 55.9 Å². The highest BCUT2D eigenvalue weighted by molar-refractivity contribution is 5.95. The molecule has 1 aromatic carbocycles. The number of carbonyl (C=O) groups is 1. The number of rotatable bonds is 4. The van der Waals surface area contributed by atoms with Gasteiger partial charge in [0, 0.05) is 18.8 Å². The maximum absolute atomic E-state index is 12.6. The molecule has 2 aliphatic rings. The fourth-order valence-electron chi connectivity index (χ4n) is 3.28. The number of carbonyl (C=O) groups excluding carboxylic acids is 1. The van der Waals surface area contributed by atoms with Crippen molar-refractivity contribution in [2.24, 2.45) is 0 Å². The Bertz CT molecular complexity index is 559. The van der Waals surface area contributed by atoms with Gasteiger partial charge in [-0.25, -0.2) is 0 Å². The summed E-state index contributed by atoms with van der Waals surface area (Å²) in [6.45, 7) is -1.45. The van der Waals surface area contributed by atoms with E-state index in [2.05, 4.69) is 4.74 Å². The third-order valence-electron chi connectivity index (χ3n) is 4.37. The fraction of sp³-hybridized carbons (Fsp3) is 0.588. The number of fused-ring (bicyclic) bond motifs is 1. The molecule has 1 aromatic rings. The number of halogens is 2. The molecule has 1 saturated heterocycles. The van der Waals surface area contributed by atoms with Crippen molar-refractivity contribution >= 4 is 11.6 Å². The summed E-state index contributed by atoms with van der Waals surface area (Å²) in [7, 11) is 0. The molecule has 0 aliphatic carbocycles. The number of hydrogen-bond acceptors (Lipinski definition) is 3. The zero-order valence-corrected chi connectivity index (χ0v) is 13.0. The van der Waals surface area contributed by atoms with Crippen LogP contribution in [0, 0.1) is 0 Å². The molecule has 6 heteroatoms. The third kappa shape index (κ3) is 3.99. The van der Waals surface area contributed by atoms with Crippen molar-refractivity contribution in [1.29, 1.82) is 0 Å². The Morgan fingerprint density at radius 3 is 2.96 bits per heavy atom. The maximum atomic E-state index is 12.6. The third-order valence-corrected chi connectivity index (χ3v) is 4.37. The Hall–Kier alpha value is -1.69. The van der Waals surface area contributed by atoms with Crippen LogP contribution in [0.2, 0.25) is 0 Å². The standard InChI is InChI=1S/C17H21F2NO3/c18-17(19)23-14-6-7-15-12(10-14)4-3-8-20(15)16(21)11-13-5-1-2-9-22-13/h6-7,10,13,17H,1-5,8-9,11H2. The average molecular weight is 325 g/mol. The molecule has 0 aromatic heterocycles. The van der Waals surface area contributed by atoms with Crippen molar-refractivity contribution in [2.75, 3.05) is 18.1 Å². The molecule has 1 atom stereocenters. The van der Waals surface area contributed by atoms with Gasteiger partial charge in [-0.2, -0.15) is 8.78 Å². The second-order valence-corrected chi connectivity index (χ2v) is 6.01. The van der Waals surface area contributed by atoms with Crippen LogP contribution >= 0.6 is 0 Å².